The smallest absolute Gasteiger partial charge is 0.185 e. The number of H-pyrrole nitrogens is 1. The number of aldehydes is 1. The Labute approximate surface area is 101 Å². The van der Waals surface area contributed by atoms with E-state index < -0.39 is 0 Å². The Morgan fingerprint density at radius 3 is 2.88 bits per heavy atom. The highest BCUT2D eigenvalue weighted by Gasteiger charge is 2.06. The quantitative estimate of drug-likeness (QED) is 0.632. The number of hydrogen-bond acceptors (Lipinski definition) is 2. The van der Waals surface area contributed by atoms with Crippen LogP contribution in [0.2, 0.25) is 0 Å². The zero-order chi connectivity index (χ0) is 12.3. The standard InChI is InChI=1S/C14H18N2O/c1-3-4-5-6-11-8-13-12(7-10(11)2)15-14(9-17)16-13/h7-9H,3-6H2,1-2H3,(H,15,16). The van der Waals surface area contributed by atoms with Crippen molar-refractivity contribution in [2.75, 3.05) is 0 Å². The molecule has 1 aromatic heterocycles. The summed E-state index contributed by atoms with van der Waals surface area (Å²) in [6, 6.07) is 4.18. The van der Waals surface area contributed by atoms with Gasteiger partial charge >= 0.3 is 0 Å². The predicted molar refractivity (Wildman–Crippen MR) is 69.4 cm³/mol. The molecule has 2 aromatic rings. The number of benzene rings is 1. The van der Waals surface area contributed by atoms with Crippen molar-refractivity contribution in [1.29, 1.82) is 0 Å². The zero-order valence-corrected chi connectivity index (χ0v) is 10.4. The maximum Gasteiger partial charge on any atom is 0.185 e. The second-order valence-corrected chi connectivity index (χ2v) is 4.49. The molecule has 0 saturated heterocycles. The first-order chi connectivity index (χ1) is 8.24. The van der Waals surface area contributed by atoms with Crippen molar-refractivity contribution in [3.63, 3.8) is 0 Å². The molecule has 0 aliphatic rings. The van der Waals surface area contributed by atoms with E-state index in [-0.39, 0.29) is 0 Å². The molecule has 0 fully saturated rings. The van der Waals surface area contributed by atoms with Crippen LogP contribution in [0.15, 0.2) is 12.1 Å². The minimum atomic E-state index is 0.408. The highest BCUT2D eigenvalue weighted by Crippen LogP contribution is 2.19. The molecule has 0 amide bonds. The Morgan fingerprint density at radius 1 is 1.35 bits per heavy atom. The summed E-state index contributed by atoms with van der Waals surface area (Å²) in [6.07, 6.45) is 5.56. The second kappa shape index (κ2) is 5.13. The van der Waals surface area contributed by atoms with Crippen LogP contribution in [0.3, 0.4) is 0 Å². The number of imidazole rings is 1. The van der Waals surface area contributed by atoms with Crippen LogP contribution in [0.4, 0.5) is 0 Å². The van der Waals surface area contributed by atoms with Crippen molar-refractivity contribution >= 4 is 17.3 Å². The number of unbranched alkanes of at least 4 members (excludes halogenated alkanes) is 2. The lowest BCUT2D eigenvalue weighted by Crippen LogP contribution is -1.90. The van der Waals surface area contributed by atoms with Gasteiger partial charge in [-0.25, -0.2) is 4.98 Å². The molecule has 1 heterocycles. The Hall–Kier alpha value is -1.64. The maximum atomic E-state index is 10.7. The molecule has 0 unspecified atom stereocenters. The van der Waals surface area contributed by atoms with Crippen molar-refractivity contribution in [1.82, 2.24) is 9.97 Å². The number of carbonyl (C=O) groups excluding carboxylic acids is 1. The van der Waals surface area contributed by atoms with Gasteiger partial charge in [-0.3, -0.25) is 4.79 Å². The number of aromatic nitrogens is 2. The van der Waals surface area contributed by atoms with E-state index in [1.807, 2.05) is 0 Å². The van der Waals surface area contributed by atoms with Crippen LogP contribution in [0, 0.1) is 6.92 Å². The van der Waals surface area contributed by atoms with Gasteiger partial charge in [-0.15, -0.1) is 0 Å². The summed E-state index contributed by atoms with van der Waals surface area (Å²) >= 11 is 0. The molecule has 0 saturated carbocycles. The molecular formula is C14H18N2O. The van der Waals surface area contributed by atoms with Crippen molar-refractivity contribution in [2.24, 2.45) is 0 Å². The molecule has 3 heteroatoms. The van der Waals surface area contributed by atoms with E-state index in [9.17, 15) is 4.79 Å². The van der Waals surface area contributed by atoms with Gasteiger partial charge in [-0.2, -0.15) is 0 Å². The van der Waals surface area contributed by atoms with Gasteiger partial charge in [-0.05, 0) is 43.0 Å². The summed E-state index contributed by atoms with van der Waals surface area (Å²) < 4.78 is 0. The SMILES string of the molecule is CCCCCc1cc2nc(C=O)[nH]c2cc1C. The minimum Gasteiger partial charge on any atom is -0.336 e. The highest BCUT2D eigenvalue weighted by molar-refractivity contribution is 5.83. The lowest BCUT2D eigenvalue weighted by atomic mass is 10.0. The number of nitrogens with zero attached hydrogens (tertiary/aromatic N) is 1. The number of nitrogens with one attached hydrogen (secondary N) is 1. The van der Waals surface area contributed by atoms with Gasteiger partial charge in [0.25, 0.3) is 0 Å². The molecule has 0 aliphatic heterocycles. The molecule has 1 aromatic carbocycles. The first kappa shape index (κ1) is 11.8. The first-order valence-electron chi connectivity index (χ1n) is 6.19. The molecule has 0 aliphatic carbocycles. The Kier molecular flexibility index (Phi) is 3.57. The normalized spacial score (nSPS) is 10.9. The molecule has 2 rings (SSSR count). The van der Waals surface area contributed by atoms with Gasteiger partial charge in [0.1, 0.15) is 0 Å². The van der Waals surface area contributed by atoms with Crippen LogP contribution in [0.5, 0.6) is 0 Å². The minimum absolute atomic E-state index is 0.408. The lowest BCUT2D eigenvalue weighted by Gasteiger charge is -2.05. The largest absolute Gasteiger partial charge is 0.336 e. The summed E-state index contributed by atoms with van der Waals surface area (Å²) in [5.74, 6) is 0.408. The molecule has 0 spiro atoms. The highest BCUT2D eigenvalue weighted by atomic mass is 16.1. The van der Waals surface area contributed by atoms with Gasteiger partial charge in [0.15, 0.2) is 12.1 Å². The fourth-order valence-corrected chi connectivity index (χ4v) is 2.12. The van der Waals surface area contributed by atoms with E-state index in [0.717, 1.165) is 23.7 Å². The predicted octanol–water partition coefficient (Wildman–Crippen LogP) is 3.42. The van der Waals surface area contributed by atoms with Crippen molar-refractivity contribution in [3.05, 3.63) is 29.1 Å². The Balaban J connectivity index is 2.30. The number of fused-ring (bicyclic) bond motifs is 1. The van der Waals surface area contributed by atoms with Crippen molar-refractivity contribution < 1.29 is 4.79 Å². The van der Waals surface area contributed by atoms with E-state index >= 15 is 0 Å². The zero-order valence-electron chi connectivity index (χ0n) is 10.4. The number of carbonyl (C=O) groups is 1. The number of aryl methyl sites for hydroxylation is 2. The van der Waals surface area contributed by atoms with Crippen LogP contribution < -0.4 is 0 Å². The molecule has 0 atom stereocenters. The molecule has 90 valence electrons. The van der Waals surface area contributed by atoms with Crippen LogP contribution >= 0.6 is 0 Å². The molecule has 0 bridgehead atoms. The summed E-state index contributed by atoms with van der Waals surface area (Å²) in [5.41, 5.74) is 4.46. The molecule has 17 heavy (non-hydrogen) atoms. The average molecular weight is 230 g/mol. The molecular weight excluding hydrogens is 212 g/mol. The number of aromatic amines is 1. The third-order valence-electron chi connectivity index (χ3n) is 3.12. The summed E-state index contributed by atoms with van der Waals surface area (Å²) in [4.78, 5) is 17.9. The molecule has 1 N–H and O–H groups in total. The lowest BCUT2D eigenvalue weighted by molar-refractivity contribution is 0.111. The molecule has 3 nitrogen and oxygen atoms in total. The van der Waals surface area contributed by atoms with E-state index in [4.69, 9.17) is 0 Å². The number of hydrogen-bond donors (Lipinski definition) is 1. The fourth-order valence-electron chi connectivity index (χ4n) is 2.12. The Bertz CT molecular complexity index is 528. The van der Waals surface area contributed by atoms with Crippen LogP contribution in [-0.2, 0) is 6.42 Å². The van der Waals surface area contributed by atoms with Gasteiger partial charge in [0.2, 0.25) is 0 Å². The van der Waals surface area contributed by atoms with E-state index in [1.54, 1.807) is 0 Å². The van der Waals surface area contributed by atoms with Gasteiger partial charge < -0.3 is 4.98 Å². The summed E-state index contributed by atoms with van der Waals surface area (Å²) in [7, 11) is 0. The van der Waals surface area contributed by atoms with Crippen LogP contribution in [-0.4, -0.2) is 16.3 Å². The van der Waals surface area contributed by atoms with E-state index in [0.29, 0.717) is 5.82 Å². The maximum absolute atomic E-state index is 10.7. The van der Waals surface area contributed by atoms with E-state index in [1.165, 1.54) is 30.4 Å². The van der Waals surface area contributed by atoms with Gasteiger partial charge in [0.05, 0.1) is 11.0 Å². The third kappa shape index (κ3) is 2.54. The fraction of sp³-hybridized carbons (Fsp3) is 0.429. The summed E-state index contributed by atoms with van der Waals surface area (Å²) in [5, 5.41) is 0. The van der Waals surface area contributed by atoms with Gasteiger partial charge in [0, 0.05) is 0 Å². The summed E-state index contributed by atoms with van der Waals surface area (Å²) in [6.45, 7) is 4.32. The monoisotopic (exact) mass is 230 g/mol. The number of rotatable bonds is 5. The van der Waals surface area contributed by atoms with Crippen LogP contribution in [0.25, 0.3) is 11.0 Å². The first-order valence-corrected chi connectivity index (χ1v) is 6.19. The van der Waals surface area contributed by atoms with Crippen molar-refractivity contribution in [2.45, 2.75) is 39.5 Å². The topological polar surface area (TPSA) is 45.8 Å². The third-order valence-corrected chi connectivity index (χ3v) is 3.12. The second-order valence-electron chi connectivity index (χ2n) is 4.49. The van der Waals surface area contributed by atoms with E-state index in [2.05, 4.69) is 35.9 Å². The van der Waals surface area contributed by atoms with Crippen LogP contribution in [0.1, 0.15) is 47.9 Å². The average Bonchev–Trinajstić information content (AvgIpc) is 2.71. The van der Waals surface area contributed by atoms with Crippen molar-refractivity contribution in [3.8, 4) is 0 Å². The Morgan fingerprint density at radius 2 is 2.18 bits per heavy atom. The molecule has 0 radical (unpaired) electrons. The van der Waals surface area contributed by atoms with Gasteiger partial charge in [-0.1, -0.05) is 19.8 Å².